The maximum atomic E-state index is 11.8. The molecule has 0 aromatic carbocycles. The number of carbonyl (C=O) groups is 3. The molecule has 0 fully saturated rings. The monoisotopic (exact) mass is 324 g/mol. The van der Waals surface area contributed by atoms with E-state index in [1.165, 1.54) is 29.8 Å². The van der Waals surface area contributed by atoms with Crippen molar-refractivity contribution >= 4 is 46.1 Å². The van der Waals surface area contributed by atoms with Crippen molar-refractivity contribution in [1.82, 2.24) is 5.32 Å². The van der Waals surface area contributed by atoms with Gasteiger partial charge in [0, 0.05) is 0 Å². The van der Waals surface area contributed by atoms with E-state index in [1.54, 1.807) is 29.0 Å². The van der Waals surface area contributed by atoms with Crippen LogP contribution in [0.5, 0.6) is 0 Å². The summed E-state index contributed by atoms with van der Waals surface area (Å²) in [5.41, 5.74) is 0.377. The molecule has 2 heterocycles. The highest BCUT2D eigenvalue weighted by Gasteiger charge is 2.16. The van der Waals surface area contributed by atoms with E-state index in [0.29, 0.717) is 15.4 Å². The molecule has 2 aromatic heterocycles. The molecule has 8 heteroatoms. The van der Waals surface area contributed by atoms with Gasteiger partial charge in [0.25, 0.3) is 5.91 Å². The van der Waals surface area contributed by atoms with Crippen LogP contribution in [0.3, 0.4) is 0 Å². The predicted octanol–water partition coefficient (Wildman–Crippen LogP) is 1.96. The average molecular weight is 324 g/mol. The Hall–Kier alpha value is -2.19. The lowest BCUT2D eigenvalue weighted by Crippen LogP contribution is -2.32. The Kier molecular flexibility index (Phi) is 5.07. The zero-order valence-electron chi connectivity index (χ0n) is 11.0. The van der Waals surface area contributed by atoms with E-state index in [1.807, 2.05) is 0 Å². The van der Waals surface area contributed by atoms with Crippen LogP contribution in [-0.4, -0.2) is 31.4 Å². The number of ether oxygens (including phenoxy) is 1. The number of hydrogen-bond donors (Lipinski definition) is 2. The molecule has 0 radical (unpaired) electrons. The fraction of sp³-hybridized carbons (Fsp3) is 0.154. The highest BCUT2D eigenvalue weighted by atomic mass is 32.1. The summed E-state index contributed by atoms with van der Waals surface area (Å²) >= 11 is 2.47. The molecule has 0 aliphatic rings. The summed E-state index contributed by atoms with van der Waals surface area (Å²) in [6.07, 6.45) is 0. The summed E-state index contributed by atoms with van der Waals surface area (Å²) in [7, 11) is 1.27. The number of nitrogens with one attached hydrogen (secondary N) is 2. The fourth-order valence-electron chi connectivity index (χ4n) is 1.51. The van der Waals surface area contributed by atoms with Gasteiger partial charge in [0.05, 0.1) is 24.2 Å². The summed E-state index contributed by atoms with van der Waals surface area (Å²) in [4.78, 5) is 35.8. The Morgan fingerprint density at radius 3 is 2.67 bits per heavy atom. The maximum Gasteiger partial charge on any atom is 0.350 e. The van der Waals surface area contributed by atoms with Crippen LogP contribution in [0.15, 0.2) is 29.0 Å². The van der Waals surface area contributed by atoms with Gasteiger partial charge in [0.1, 0.15) is 4.88 Å². The van der Waals surface area contributed by atoms with Gasteiger partial charge >= 0.3 is 5.97 Å². The van der Waals surface area contributed by atoms with Gasteiger partial charge in [-0.05, 0) is 22.9 Å². The normalized spacial score (nSPS) is 9.95. The van der Waals surface area contributed by atoms with Crippen LogP contribution in [0.4, 0.5) is 5.69 Å². The summed E-state index contributed by atoms with van der Waals surface area (Å²) in [5, 5.41) is 8.53. The third-order valence-electron chi connectivity index (χ3n) is 2.46. The minimum atomic E-state index is -0.511. The maximum absolute atomic E-state index is 11.8. The molecule has 0 bridgehead atoms. The van der Waals surface area contributed by atoms with Crippen LogP contribution in [0.25, 0.3) is 0 Å². The van der Waals surface area contributed by atoms with E-state index in [0.717, 1.165) is 0 Å². The van der Waals surface area contributed by atoms with Gasteiger partial charge in [-0.25, -0.2) is 4.79 Å². The topological polar surface area (TPSA) is 84.5 Å². The first-order valence-electron chi connectivity index (χ1n) is 5.89. The molecule has 21 heavy (non-hydrogen) atoms. The second-order valence-electron chi connectivity index (χ2n) is 3.86. The molecular formula is C13H12N2O4S2. The van der Waals surface area contributed by atoms with Crippen molar-refractivity contribution in [3.8, 4) is 0 Å². The predicted molar refractivity (Wildman–Crippen MR) is 80.9 cm³/mol. The van der Waals surface area contributed by atoms with E-state index in [2.05, 4.69) is 15.4 Å². The second kappa shape index (κ2) is 7.00. The molecule has 0 aliphatic carbocycles. The minimum Gasteiger partial charge on any atom is -0.465 e. The Morgan fingerprint density at radius 1 is 1.19 bits per heavy atom. The Balaban J connectivity index is 1.89. The van der Waals surface area contributed by atoms with Crippen LogP contribution < -0.4 is 10.6 Å². The molecule has 0 saturated carbocycles. The molecule has 0 atom stereocenters. The van der Waals surface area contributed by atoms with Gasteiger partial charge in [0.2, 0.25) is 5.91 Å². The summed E-state index contributed by atoms with van der Waals surface area (Å²) in [6, 6.07) is 5.04. The van der Waals surface area contributed by atoms with Crippen LogP contribution in [-0.2, 0) is 9.53 Å². The van der Waals surface area contributed by atoms with Crippen LogP contribution >= 0.6 is 22.7 Å². The highest BCUT2D eigenvalue weighted by Crippen LogP contribution is 2.22. The SMILES string of the molecule is COC(=O)c1sccc1NC(=O)CNC(=O)c1cccs1. The van der Waals surface area contributed by atoms with Gasteiger partial charge in [-0.2, -0.15) is 0 Å². The van der Waals surface area contributed by atoms with E-state index < -0.39 is 11.9 Å². The fourth-order valence-corrected chi connectivity index (χ4v) is 2.91. The summed E-state index contributed by atoms with van der Waals surface area (Å²) < 4.78 is 4.62. The standard InChI is InChI=1S/C13H12N2O4S2/c1-19-13(18)11-8(4-6-21-11)15-10(16)7-14-12(17)9-3-2-5-20-9/h2-6H,7H2,1H3,(H,14,17)(H,15,16). The van der Waals surface area contributed by atoms with Gasteiger partial charge < -0.3 is 15.4 Å². The summed E-state index contributed by atoms with van der Waals surface area (Å²) in [6.45, 7) is -0.173. The van der Waals surface area contributed by atoms with Gasteiger partial charge in [-0.15, -0.1) is 22.7 Å². The Labute approximate surface area is 128 Å². The van der Waals surface area contributed by atoms with E-state index in [-0.39, 0.29) is 12.5 Å². The Bertz CT molecular complexity index is 649. The number of anilines is 1. The van der Waals surface area contributed by atoms with Gasteiger partial charge in [0.15, 0.2) is 0 Å². The van der Waals surface area contributed by atoms with Crippen molar-refractivity contribution in [2.24, 2.45) is 0 Å². The van der Waals surface area contributed by atoms with Crippen molar-refractivity contribution in [3.05, 3.63) is 38.7 Å². The molecule has 0 spiro atoms. The lowest BCUT2D eigenvalue weighted by molar-refractivity contribution is -0.115. The molecule has 0 unspecified atom stereocenters. The zero-order chi connectivity index (χ0) is 15.2. The first kappa shape index (κ1) is 15.2. The molecule has 2 rings (SSSR count). The lowest BCUT2D eigenvalue weighted by atomic mass is 10.3. The zero-order valence-corrected chi connectivity index (χ0v) is 12.7. The quantitative estimate of drug-likeness (QED) is 0.824. The molecular weight excluding hydrogens is 312 g/mol. The van der Waals surface area contributed by atoms with Crippen molar-refractivity contribution in [3.63, 3.8) is 0 Å². The van der Waals surface area contributed by atoms with Gasteiger partial charge in [-0.3, -0.25) is 9.59 Å². The molecule has 2 aromatic rings. The number of hydrogen-bond acceptors (Lipinski definition) is 6. The van der Waals surface area contributed by atoms with E-state index in [4.69, 9.17) is 0 Å². The molecule has 6 nitrogen and oxygen atoms in total. The molecule has 2 N–H and O–H groups in total. The lowest BCUT2D eigenvalue weighted by Gasteiger charge is -2.06. The first-order valence-corrected chi connectivity index (χ1v) is 7.65. The minimum absolute atomic E-state index is 0.173. The molecule has 110 valence electrons. The van der Waals surface area contributed by atoms with E-state index >= 15 is 0 Å². The number of thiophene rings is 2. The largest absolute Gasteiger partial charge is 0.465 e. The van der Waals surface area contributed by atoms with Crippen molar-refractivity contribution < 1.29 is 19.1 Å². The molecule has 2 amide bonds. The van der Waals surface area contributed by atoms with Crippen LogP contribution in [0, 0.1) is 0 Å². The van der Waals surface area contributed by atoms with Crippen LogP contribution in [0.1, 0.15) is 19.3 Å². The third kappa shape index (κ3) is 3.89. The first-order chi connectivity index (χ1) is 10.1. The molecule has 0 saturated heterocycles. The second-order valence-corrected chi connectivity index (χ2v) is 5.73. The molecule has 0 aliphatic heterocycles. The number of carbonyl (C=O) groups excluding carboxylic acids is 3. The smallest absolute Gasteiger partial charge is 0.350 e. The number of methoxy groups -OCH3 is 1. The number of amides is 2. The highest BCUT2D eigenvalue weighted by molar-refractivity contribution is 7.12. The van der Waals surface area contributed by atoms with Gasteiger partial charge in [-0.1, -0.05) is 6.07 Å². The van der Waals surface area contributed by atoms with E-state index in [9.17, 15) is 14.4 Å². The van der Waals surface area contributed by atoms with Crippen molar-refractivity contribution in [2.75, 3.05) is 19.0 Å². The number of rotatable bonds is 5. The Morgan fingerprint density at radius 2 is 2.00 bits per heavy atom. The third-order valence-corrected chi connectivity index (χ3v) is 4.23. The average Bonchev–Trinajstić information content (AvgIpc) is 3.15. The van der Waals surface area contributed by atoms with Crippen molar-refractivity contribution in [1.29, 1.82) is 0 Å². The number of esters is 1. The summed E-state index contributed by atoms with van der Waals surface area (Å²) in [5.74, 6) is -1.23. The van der Waals surface area contributed by atoms with Crippen LogP contribution in [0.2, 0.25) is 0 Å². The van der Waals surface area contributed by atoms with Crippen molar-refractivity contribution in [2.45, 2.75) is 0 Å².